The second kappa shape index (κ2) is 12.3. The Bertz CT molecular complexity index is 1740. The van der Waals surface area contributed by atoms with Crippen LogP contribution in [0.15, 0.2) is 23.8 Å². The molecule has 4 aromatic rings. The fourth-order valence-corrected chi connectivity index (χ4v) is 6.92. The van der Waals surface area contributed by atoms with Crippen LogP contribution in [0, 0.1) is 17.5 Å². The number of aliphatic hydroxyl groups is 2. The smallest absolute Gasteiger partial charge is 0.280 e. The van der Waals surface area contributed by atoms with Crippen molar-refractivity contribution in [3.8, 4) is 11.6 Å². The molecule has 0 aliphatic carbocycles. The van der Waals surface area contributed by atoms with Crippen LogP contribution in [-0.2, 0) is 19.1 Å². The number of anilines is 2. The summed E-state index contributed by atoms with van der Waals surface area (Å²) in [5, 5.41) is 31.9. The number of aliphatic hydroxyl groups excluding tert-OH is 2. The summed E-state index contributed by atoms with van der Waals surface area (Å²) in [6.07, 6.45) is -2.12. The number of fused-ring (bicyclic) bond motifs is 2. The first kappa shape index (κ1) is 29.7. The van der Waals surface area contributed by atoms with Gasteiger partial charge in [-0.05, 0) is 12.3 Å². The first-order valence-corrected chi connectivity index (χ1v) is 14.9. The lowest BCUT2D eigenvalue weighted by atomic mass is 10.1. The number of H-pyrrole nitrogens is 1. The standard InChI is InChI=1S/C23H28N10O8P2/c24-16-11-17(27-6-26-16)32(7-28-11)20-13(34)9(22(40-20)38-2-1-3-42)4-43-5-10-15(41-37)14(35)21(39-10)33-8-29-12-18(33)30-23(25)31-19(12)36/h6-10,13-15,20-22,34-35,37,43H,2,4-5,42H2,(H2,24,26,27)(H3,25,30,31,36). The average Bonchev–Trinajstić information content (AvgIpc) is 3.74. The number of hydrogen-bond donors (Lipinski definition) is 6. The van der Waals surface area contributed by atoms with Crippen LogP contribution in [0.25, 0.3) is 22.3 Å². The van der Waals surface area contributed by atoms with E-state index in [0.717, 1.165) is 0 Å². The second-order valence-corrected chi connectivity index (χ2v) is 11.4. The van der Waals surface area contributed by atoms with Gasteiger partial charge in [-0.1, -0.05) is 20.8 Å². The molecule has 0 bridgehead atoms. The van der Waals surface area contributed by atoms with Gasteiger partial charge in [0.25, 0.3) is 5.56 Å². The van der Waals surface area contributed by atoms with Crippen LogP contribution >= 0.6 is 17.8 Å². The summed E-state index contributed by atoms with van der Waals surface area (Å²) in [7, 11) is 2.44. The van der Waals surface area contributed by atoms with E-state index in [1.54, 1.807) is 4.57 Å². The molecular formula is C23H28N10O8P2. The number of imidazole rings is 2. The third-order valence-corrected chi connectivity index (χ3v) is 8.97. The van der Waals surface area contributed by atoms with Gasteiger partial charge in [0.15, 0.2) is 41.4 Å². The number of nitrogens with zero attached hydrogens (tertiary/aromatic N) is 7. The largest absolute Gasteiger partial charge is 0.388 e. The summed E-state index contributed by atoms with van der Waals surface area (Å²) in [4.78, 5) is 39.8. The summed E-state index contributed by atoms with van der Waals surface area (Å²) >= 11 is 0. The number of hydrogen-bond acceptors (Lipinski definition) is 15. The van der Waals surface area contributed by atoms with E-state index in [0.29, 0.717) is 23.5 Å². The zero-order valence-electron chi connectivity index (χ0n) is 22.2. The molecule has 2 saturated heterocycles. The molecule has 6 rings (SSSR count). The summed E-state index contributed by atoms with van der Waals surface area (Å²) in [6, 6.07) is 0. The number of nitrogen functional groups attached to an aromatic ring is 2. The van der Waals surface area contributed by atoms with Gasteiger partial charge in [0.2, 0.25) is 5.95 Å². The molecule has 6 heterocycles. The lowest BCUT2D eigenvalue weighted by Gasteiger charge is -2.21. The van der Waals surface area contributed by atoms with Gasteiger partial charge in [-0.2, -0.15) is 4.98 Å². The van der Waals surface area contributed by atoms with Gasteiger partial charge in [-0.15, -0.1) is 8.58 Å². The molecule has 0 saturated carbocycles. The van der Waals surface area contributed by atoms with E-state index >= 15 is 0 Å². The molecule has 8 N–H and O–H groups in total. The summed E-state index contributed by atoms with van der Waals surface area (Å²) in [6.45, 7) is 0.0767. The van der Waals surface area contributed by atoms with Crippen LogP contribution in [0.4, 0.5) is 11.8 Å². The van der Waals surface area contributed by atoms with E-state index in [-0.39, 0.29) is 38.1 Å². The summed E-state index contributed by atoms with van der Waals surface area (Å²) in [5.74, 6) is 2.38. The van der Waals surface area contributed by atoms with Crippen LogP contribution in [0.1, 0.15) is 12.5 Å². The molecule has 2 aliphatic rings. The number of aromatic nitrogens is 8. The van der Waals surface area contributed by atoms with Gasteiger partial charge in [0.1, 0.15) is 36.8 Å². The lowest BCUT2D eigenvalue weighted by Crippen LogP contribution is -2.35. The Morgan fingerprint density at radius 1 is 1.05 bits per heavy atom. The van der Waals surface area contributed by atoms with Crippen molar-refractivity contribution in [1.82, 2.24) is 39.0 Å². The van der Waals surface area contributed by atoms with Crippen molar-refractivity contribution >= 4 is 51.9 Å². The first-order chi connectivity index (χ1) is 20.8. The Morgan fingerprint density at radius 3 is 2.56 bits per heavy atom. The molecule has 2 fully saturated rings. The highest BCUT2D eigenvalue weighted by Crippen LogP contribution is 2.41. The van der Waals surface area contributed by atoms with Crippen LogP contribution < -0.4 is 17.0 Å². The van der Waals surface area contributed by atoms with Crippen LogP contribution in [0.2, 0.25) is 0 Å². The summed E-state index contributed by atoms with van der Waals surface area (Å²) < 4.78 is 21.0. The molecule has 0 aromatic carbocycles. The molecular weight excluding hydrogens is 606 g/mol. The quantitative estimate of drug-likeness (QED) is 0.0536. The molecule has 10 unspecified atom stereocenters. The predicted octanol–water partition coefficient (Wildman–Crippen LogP) is -1.40. The number of nitrogens with one attached hydrogen (secondary N) is 1. The Balaban J connectivity index is 1.17. The van der Waals surface area contributed by atoms with E-state index in [2.05, 4.69) is 55.6 Å². The van der Waals surface area contributed by atoms with Crippen LogP contribution in [0.3, 0.4) is 0 Å². The average molecular weight is 634 g/mol. The minimum Gasteiger partial charge on any atom is -0.388 e. The molecule has 18 nitrogen and oxygen atoms in total. The SMILES string of the molecule is Nc1nc2c(ncn2C2OC(CPCC3C(OCC#CP)OC(n4cnc5c(N)ncnc54)C3O)C(OO)C2O)c(=O)[nH]1. The third-order valence-electron chi connectivity index (χ3n) is 7.32. The molecule has 20 heteroatoms. The van der Waals surface area contributed by atoms with Crippen molar-refractivity contribution in [2.45, 2.75) is 43.2 Å². The van der Waals surface area contributed by atoms with E-state index in [9.17, 15) is 20.3 Å². The van der Waals surface area contributed by atoms with E-state index in [4.69, 9.17) is 25.7 Å². The van der Waals surface area contributed by atoms with Gasteiger partial charge in [0.05, 0.1) is 18.8 Å². The van der Waals surface area contributed by atoms with Gasteiger partial charge >= 0.3 is 0 Å². The fraction of sp³-hybridized carbons (Fsp3) is 0.478. The molecule has 43 heavy (non-hydrogen) atoms. The zero-order chi connectivity index (χ0) is 30.2. The van der Waals surface area contributed by atoms with E-state index < -0.39 is 54.6 Å². The van der Waals surface area contributed by atoms with Crippen molar-refractivity contribution in [1.29, 1.82) is 0 Å². The monoisotopic (exact) mass is 634 g/mol. The molecule has 0 amide bonds. The van der Waals surface area contributed by atoms with Crippen molar-refractivity contribution < 1.29 is 34.6 Å². The maximum atomic E-state index is 12.2. The molecule has 0 spiro atoms. The van der Waals surface area contributed by atoms with Crippen molar-refractivity contribution in [3.63, 3.8) is 0 Å². The topological polar surface area (TPSA) is 257 Å². The third kappa shape index (κ3) is 5.44. The molecule has 2 aliphatic heterocycles. The van der Waals surface area contributed by atoms with Gasteiger partial charge in [0, 0.05) is 5.92 Å². The molecule has 228 valence electrons. The summed E-state index contributed by atoms with van der Waals surface area (Å²) in [5.41, 5.74) is 14.6. The minimum atomic E-state index is -1.32. The molecule has 4 aromatic heterocycles. The normalized spacial score (nSPS) is 29.2. The van der Waals surface area contributed by atoms with Crippen molar-refractivity contribution in [2.75, 3.05) is 30.4 Å². The maximum Gasteiger partial charge on any atom is 0.280 e. The number of rotatable bonds is 9. The van der Waals surface area contributed by atoms with Crippen LogP contribution in [-0.4, -0.2) is 104 Å². The minimum absolute atomic E-state index is 0.0128. The lowest BCUT2D eigenvalue weighted by molar-refractivity contribution is -0.297. The van der Waals surface area contributed by atoms with E-state index in [1.807, 2.05) is 0 Å². The molecule has 10 atom stereocenters. The maximum absolute atomic E-state index is 12.2. The van der Waals surface area contributed by atoms with Crippen molar-refractivity contribution in [3.05, 3.63) is 29.3 Å². The second-order valence-electron chi connectivity index (χ2n) is 9.82. The number of nitrogens with two attached hydrogens (primary N) is 2. The number of aromatic amines is 1. The molecule has 0 radical (unpaired) electrons. The van der Waals surface area contributed by atoms with Gasteiger partial charge in [-0.25, -0.2) is 24.8 Å². The van der Waals surface area contributed by atoms with E-state index in [1.165, 1.54) is 23.5 Å². The highest BCUT2D eigenvalue weighted by atomic mass is 31.1. The highest BCUT2D eigenvalue weighted by Gasteiger charge is 2.48. The Kier molecular flexibility index (Phi) is 8.51. The Hall–Kier alpha value is -3.36. The highest BCUT2D eigenvalue weighted by molar-refractivity contribution is 7.38. The predicted molar refractivity (Wildman–Crippen MR) is 155 cm³/mol. The van der Waals surface area contributed by atoms with Gasteiger partial charge in [-0.3, -0.25) is 24.2 Å². The van der Waals surface area contributed by atoms with Gasteiger partial charge < -0.3 is 35.9 Å². The Labute approximate surface area is 246 Å². The first-order valence-electron chi connectivity index (χ1n) is 13.0. The van der Waals surface area contributed by atoms with Crippen molar-refractivity contribution in [2.24, 2.45) is 5.92 Å². The van der Waals surface area contributed by atoms with Crippen LogP contribution in [0.5, 0.6) is 0 Å². The Morgan fingerprint density at radius 2 is 1.79 bits per heavy atom. The number of ether oxygens (including phenoxy) is 3. The zero-order valence-corrected chi connectivity index (χ0v) is 24.4. The fourth-order valence-electron chi connectivity index (χ4n) is 5.29.